The molecule has 2 heteroatoms. The van der Waals surface area contributed by atoms with Gasteiger partial charge in [0, 0.05) is 13.1 Å². The zero-order valence-electron chi connectivity index (χ0n) is 11.8. The summed E-state index contributed by atoms with van der Waals surface area (Å²) in [6, 6.07) is 0. The molecule has 0 aromatic carbocycles. The maximum Gasteiger partial charge on any atom is 0.107 e. The highest BCUT2D eigenvalue weighted by Gasteiger charge is 2.22. The molecule has 0 saturated carbocycles. The number of aliphatic hydroxyl groups excluding tert-OH is 1. The fourth-order valence-electron chi connectivity index (χ4n) is 2.60. The van der Waals surface area contributed by atoms with E-state index in [1.54, 1.807) is 0 Å². The molecule has 1 unspecified atom stereocenters. The number of likely N-dealkylation sites (tertiary alicyclic amines) is 1. The Morgan fingerprint density at radius 3 is 2.53 bits per heavy atom. The molecular formula is C15H29NO. The molecule has 0 aromatic rings. The van der Waals surface area contributed by atoms with E-state index in [9.17, 15) is 5.11 Å². The molecule has 1 saturated heterocycles. The van der Waals surface area contributed by atoms with Crippen molar-refractivity contribution in [2.45, 2.75) is 65.5 Å². The van der Waals surface area contributed by atoms with Crippen LogP contribution in [0.5, 0.6) is 0 Å². The fraction of sp³-hybridized carbons (Fsp3) is 0.867. The summed E-state index contributed by atoms with van der Waals surface area (Å²) in [4.78, 5) is 2.23. The highest BCUT2D eigenvalue weighted by atomic mass is 16.3. The third kappa shape index (κ3) is 5.69. The van der Waals surface area contributed by atoms with Crippen molar-refractivity contribution in [1.82, 2.24) is 4.90 Å². The Morgan fingerprint density at radius 2 is 2.00 bits per heavy atom. The molecule has 1 aliphatic heterocycles. The normalized spacial score (nSPS) is 20.2. The summed E-state index contributed by atoms with van der Waals surface area (Å²) in [5.74, 6) is 0.890. The van der Waals surface area contributed by atoms with Crippen LogP contribution in [0.4, 0.5) is 0 Å². The van der Waals surface area contributed by atoms with Gasteiger partial charge in [-0.25, -0.2) is 0 Å². The average molecular weight is 239 g/mol. The van der Waals surface area contributed by atoms with E-state index in [-0.39, 0.29) is 6.23 Å². The Hall–Kier alpha value is -0.340. The molecule has 1 aliphatic rings. The monoisotopic (exact) mass is 239 g/mol. The van der Waals surface area contributed by atoms with E-state index in [1.165, 1.54) is 37.7 Å². The van der Waals surface area contributed by atoms with Gasteiger partial charge in [-0.1, -0.05) is 25.0 Å². The summed E-state index contributed by atoms with van der Waals surface area (Å²) in [6.45, 7) is 8.57. The Morgan fingerprint density at radius 1 is 1.35 bits per heavy atom. The highest BCUT2D eigenvalue weighted by Crippen LogP contribution is 2.24. The summed E-state index contributed by atoms with van der Waals surface area (Å²) in [6.07, 6.45) is 9.45. The summed E-state index contributed by atoms with van der Waals surface area (Å²) in [7, 11) is 0. The molecule has 17 heavy (non-hydrogen) atoms. The minimum atomic E-state index is -0.207. The van der Waals surface area contributed by atoms with Crippen LogP contribution >= 0.6 is 0 Å². The molecule has 1 N–H and O–H groups in total. The third-order valence-corrected chi connectivity index (χ3v) is 3.80. The minimum absolute atomic E-state index is 0.207. The van der Waals surface area contributed by atoms with Gasteiger partial charge >= 0.3 is 0 Å². The van der Waals surface area contributed by atoms with Crippen molar-refractivity contribution in [3.8, 4) is 0 Å². The van der Waals surface area contributed by atoms with Crippen LogP contribution in [0.3, 0.4) is 0 Å². The van der Waals surface area contributed by atoms with Crippen molar-refractivity contribution in [1.29, 1.82) is 0 Å². The van der Waals surface area contributed by atoms with Crippen LogP contribution in [0.15, 0.2) is 11.6 Å². The first-order chi connectivity index (χ1) is 8.13. The van der Waals surface area contributed by atoms with Crippen molar-refractivity contribution < 1.29 is 5.11 Å². The lowest BCUT2D eigenvalue weighted by Gasteiger charge is -2.34. The Labute approximate surface area is 107 Å². The molecule has 0 amide bonds. The molecule has 1 fully saturated rings. The Bertz CT molecular complexity index is 225. The van der Waals surface area contributed by atoms with Crippen LogP contribution < -0.4 is 0 Å². The molecule has 100 valence electrons. The van der Waals surface area contributed by atoms with E-state index in [0.29, 0.717) is 0 Å². The first kappa shape index (κ1) is 14.7. The first-order valence-electron chi connectivity index (χ1n) is 7.19. The lowest BCUT2D eigenvalue weighted by atomic mass is 9.91. The van der Waals surface area contributed by atoms with Gasteiger partial charge in [0.05, 0.1) is 0 Å². The van der Waals surface area contributed by atoms with Crippen molar-refractivity contribution in [2.75, 3.05) is 13.1 Å². The molecule has 0 bridgehead atoms. The van der Waals surface area contributed by atoms with Gasteiger partial charge < -0.3 is 5.11 Å². The summed E-state index contributed by atoms with van der Waals surface area (Å²) >= 11 is 0. The Kier molecular flexibility index (Phi) is 6.83. The highest BCUT2D eigenvalue weighted by molar-refractivity contribution is 4.92. The third-order valence-electron chi connectivity index (χ3n) is 3.80. The van der Waals surface area contributed by atoms with Gasteiger partial charge in [-0.3, -0.25) is 4.90 Å². The van der Waals surface area contributed by atoms with E-state index >= 15 is 0 Å². The van der Waals surface area contributed by atoms with Crippen molar-refractivity contribution in [3.63, 3.8) is 0 Å². The van der Waals surface area contributed by atoms with E-state index < -0.39 is 0 Å². The van der Waals surface area contributed by atoms with Crippen molar-refractivity contribution in [2.24, 2.45) is 5.92 Å². The standard InChI is InChI=1S/C15H29NO/c1-4-15(17)16-11-9-14(10-12-16)8-6-5-7-13(2)3/h7,14-15,17H,4-6,8-12H2,1-3H3. The van der Waals surface area contributed by atoms with E-state index in [1.807, 2.05) is 0 Å². The van der Waals surface area contributed by atoms with Crippen LogP contribution in [0.2, 0.25) is 0 Å². The number of aliphatic hydroxyl groups is 1. The molecule has 1 atom stereocenters. The number of nitrogens with zero attached hydrogens (tertiary/aromatic N) is 1. The molecular weight excluding hydrogens is 210 g/mol. The van der Waals surface area contributed by atoms with E-state index in [4.69, 9.17) is 0 Å². The molecule has 0 spiro atoms. The predicted octanol–water partition coefficient (Wildman–Crippen LogP) is 3.56. The molecule has 0 radical (unpaired) electrons. The SMILES string of the molecule is CCC(O)N1CCC(CCCC=C(C)C)CC1. The van der Waals surface area contributed by atoms with Crippen LogP contribution in [-0.4, -0.2) is 29.3 Å². The molecule has 2 nitrogen and oxygen atoms in total. The largest absolute Gasteiger partial charge is 0.378 e. The van der Waals surface area contributed by atoms with Crippen LogP contribution in [0.25, 0.3) is 0 Å². The minimum Gasteiger partial charge on any atom is -0.378 e. The number of unbranched alkanes of at least 4 members (excludes halogenated alkanes) is 1. The van der Waals surface area contributed by atoms with Crippen LogP contribution in [-0.2, 0) is 0 Å². The lowest BCUT2D eigenvalue weighted by molar-refractivity contribution is -0.0195. The number of allylic oxidation sites excluding steroid dienone is 2. The van der Waals surface area contributed by atoms with Gasteiger partial charge in [-0.2, -0.15) is 0 Å². The second kappa shape index (κ2) is 7.88. The smallest absolute Gasteiger partial charge is 0.107 e. The van der Waals surface area contributed by atoms with Gasteiger partial charge in [-0.15, -0.1) is 0 Å². The second-order valence-corrected chi connectivity index (χ2v) is 5.58. The quantitative estimate of drug-likeness (QED) is 0.566. The molecule has 0 aliphatic carbocycles. The number of hydrogen-bond donors (Lipinski definition) is 1. The molecule has 1 rings (SSSR count). The summed E-state index contributed by atoms with van der Waals surface area (Å²) in [5.41, 5.74) is 1.44. The zero-order valence-corrected chi connectivity index (χ0v) is 11.8. The lowest BCUT2D eigenvalue weighted by Crippen LogP contribution is -2.41. The average Bonchev–Trinajstić information content (AvgIpc) is 2.34. The first-order valence-corrected chi connectivity index (χ1v) is 7.19. The fourth-order valence-corrected chi connectivity index (χ4v) is 2.60. The van der Waals surface area contributed by atoms with E-state index in [2.05, 4.69) is 31.7 Å². The number of hydrogen-bond acceptors (Lipinski definition) is 2. The predicted molar refractivity (Wildman–Crippen MR) is 73.9 cm³/mol. The topological polar surface area (TPSA) is 23.5 Å². The van der Waals surface area contributed by atoms with Gasteiger partial charge in [0.1, 0.15) is 6.23 Å². The number of rotatable bonds is 6. The van der Waals surface area contributed by atoms with Gasteiger partial charge in [-0.05, 0) is 51.9 Å². The second-order valence-electron chi connectivity index (χ2n) is 5.58. The van der Waals surface area contributed by atoms with Crippen LogP contribution in [0.1, 0.15) is 59.3 Å². The van der Waals surface area contributed by atoms with Gasteiger partial charge in [0.15, 0.2) is 0 Å². The number of piperidine rings is 1. The molecule has 1 heterocycles. The maximum absolute atomic E-state index is 9.76. The van der Waals surface area contributed by atoms with E-state index in [0.717, 1.165) is 25.4 Å². The zero-order chi connectivity index (χ0) is 12.7. The summed E-state index contributed by atoms with van der Waals surface area (Å²) < 4.78 is 0. The van der Waals surface area contributed by atoms with Crippen molar-refractivity contribution in [3.05, 3.63) is 11.6 Å². The van der Waals surface area contributed by atoms with Gasteiger partial charge in [0.2, 0.25) is 0 Å². The van der Waals surface area contributed by atoms with Gasteiger partial charge in [0.25, 0.3) is 0 Å². The Balaban J connectivity index is 2.13. The maximum atomic E-state index is 9.76. The van der Waals surface area contributed by atoms with Crippen LogP contribution in [0, 0.1) is 5.92 Å². The summed E-state index contributed by atoms with van der Waals surface area (Å²) in [5, 5.41) is 9.76. The van der Waals surface area contributed by atoms with Crippen molar-refractivity contribution >= 4 is 0 Å². The molecule has 0 aromatic heterocycles.